The second-order valence-corrected chi connectivity index (χ2v) is 14.6. The topological polar surface area (TPSA) is 14.1 Å². The van der Waals surface area contributed by atoms with Crippen molar-refractivity contribution < 1.29 is 21.7 Å². The number of nitrogens with zero attached hydrogens (tertiary/aromatic N) is 1. The van der Waals surface area contributed by atoms with Gasteiger partial charge in [-0.25, -0.2) is 0 Å². The van der Waals surface area contributed by atoms with Crippen molar-refractivity contribution in [2.75, 3.05) is 0 Å². The van der Waals surface area contributed by atoms with E-state index in [4.69, 9.17) is 4.98 Å². The van der Waals surface area contributed by atoms with Gasteiger partial charge < -0.3 is 27.3 Å². The fraction of sp³-hybridized carbons (Fsp3) is 0.870. The minimum Gasteiger partial charge on any atom is -0.660 e. The Hall–Kier alpha value is 0.891. The molecule has 0 aromatic carbocycles. The van der Waals surface area contributed by atoms with Crippen molar-refractivity contribution in [3.63, 3.8) is 0 Å². The van der Waals surface area contributed by atoms with E-state index in [1.807, 2.05) is 0 Å². The molecular formula is C23H47NSiTi. The smallest absolute Gasteiger partial charge is 0.660 e. The normalized spacial score (nSPS) is 36.2. The monoisotopic (exact) mass is 413 g/mol. The first kappa shape index (κ1) is 29.1. The molecule has 0 amide bonds. The molecule has 0 aliphatic heterocycles. The molecule has 3 saturated carbocycles. The van der Waals surface area contributed by atoms with Crippen LogP contribution < -0.4 is 0 Å². The van der Waals surface area contributed by atoms with E-state index in [-0.39, 0.29) is 49.5 Å². The van der Waals surface area contributed by atoms with Crippen LogP contribution in [0.15, 0.2) is 0 Å². The SMILES string of the molecule is CC1CC2CC3CCCCC3CC2C1[Si](C)(C)[N-]C(C)(C)C.[CH3-].[CH3-].[CH3-].[Ti+4]. The summed E-state index contributed by atoms with van der Waals surface area (Å²) in [5.41, 5.74) is 1.09. The zero-order chi connectivity index (χ0) is 16.1. The molecule has 3 rings (SSSR count). The third-order valence-electron chi connectivity index (χ3n) is 7.04. The Labute approximate surface area is 183 Å². The predicted octanol–water partition coefficient (Wildman–Crippen LogP) is 7.95. The van der Waals surface area contributed by atoms with Crippen LogP contribution in [0.25, 0.3) is 4.98 Å². The van der Waals surface area contributed by atoms with Gasteiger partial charge in [0.05, 0.1) is 0 Å². The van der Waals surface area contributed by atoms with Crippen LogP contribution in [0.3, 0.4) is 0 Å². The summed E-state index contributed by atoms with van der Waals surface area (Å²) < 4.78 is 0. The summed E-state index contributed by atoms with van der Waals surface area (Å²) in [5.74, 6) is 5.14. The zero-order valence-electron chi connectivity index (χ0n) is 19.4. The van der Waals surface area contributed by atoms with E-state index in [2.05, 4.69) is 40.8 Å². The van der Waals surface area contributed by atoms with Gasteiger partial charge in [-0.3, -0.25) is 0 Å². The number of hydrogen-bond acceptors (Lipinski definition) is 0. The van der Waals surface area contributed by atoms with Gasteiger partial charge >= 0.3 is 21.7 Å². The Morgan fingerprint density at radius 2 is 1.31 bits per heavy atom. The Balaban J connectivity index is 0. The van der Waals surface area contributed by atoms with Crippen LogP contribution in [0.2, 0.25) is 18.6 Å². The van der Waals surface area contributed by atoms with Gasteiger partial charge in [0.1, 0.15) is 0 Å². The van der Waals surface area contributed by atoms with E-state index < -0.39 is 8.24 Å². The van der Waals surface area contributed by atoms with Gasteiger partial charge in [0, 0.05) is 0 Å². The van der Waals surface area contributed by atoms with Crippen LogP contribution in [0, 0.1) is 51.9 Å². The summed E-state index contributed by atoms with van der Waals surface area (Å²) in [6, 6.07) is 0. The molecule has 3 heteroatoms. The van der Waals surface area contributed by atoms with Gasteiger partial charge in [-0.2, -0.15) is 0 Å². The van der Waals surface area contributed by atoms with Crippen LogP contribution in [0.5, 0.6) is 0 Å². The molecule has 0 aromatic heterocycles. The van der Waals surface area contributed by atoms with Gasteiger partial charge in [-0.05, 0) is 48.9 Å². The van der Waals surface area contributed by atoms with E-state index in [1.54, 1.807) is 19.3 Å². The minimum atomic E-state index is -1.51. The third kappa shape index (κ3) is 6.19. The Bertz CT molecular complexity index is 404. The van der Waals surface area contributed by atoms with Crippen LogP contribution >= 0.6 is 0 Å². The Morgan fingerprint density at radius 3 is 1.81 bits per heavy atom. The molecule has 3 aliphatic carbocycles. The van der Waals surface area contributed by atoms with Crippen LogP contribution in [0.4, 0.5) is 0 Å². The molecular weight excluding hydrogens is 366 g/mol. The summed E-state index contributed by atoms with van der Waals surface area (Å²) >= 11 is 0. The molecule has 0 bridgehead atoms. The fourth-order valence-corrected chi connectivity index (χ4v) is 11.8. The number of rotatable bonds is 2. The van der Waals surface area contributed by atoms with Gasteiger partial charge in [0.25, 0.3) is 0 Å². The standard InChI is InChI=1S/C20H38NSi.3CH3.Ti/c1-14-11-17-12-15-9-7-8-10-16(15)13-18(17)19(14)22(5,6)21-20(2,3)4;;;;/h14-19H,7-13H2,1-6H3;3*1H3;/q4*-1;+4. The van der Waals surface area contributed by atoms with E-state index >= 15 is 0 Å². The summed E-state index contributed by atoms with van der Waals surface area (Å²) in [5, 5.41) is 0. The number of fused-ring (bicyclic) bond motifs is 2. The van der Waals surface area contributed by atoms with E-state index in [0.717, 1.165) is 35.1 Å². The van der Waals surface area contributed by atoms with Crippen molar-refractivity contribution in [2.24, 2.45) is 29.6 Å². The van der Waals surface area contributed by atoms with Crippen molar-refractivity contribution in [3.05, 3.63) is 27.3 Å². The second-order valence-electron chi connectivity index (χ2n) is 10.4. The maximum atomic E-state index is 5.41. The molecule has 0 aromatic rings. The van der Waals surface area contributed by atoms with Crippen molar-refractivity contribution >= 4 is 8.24 Å². The molecule has 0 spiro atoms. The predicted molar refractivity (Wildman–Crippen MR) is 119 cm³/mol. The van der Waals surface area contributed by atoms with E-state index in [0.29, 0.717) is 0 Å². The molecule has 3 aliphatic rings. The first-order chi connectivity index (χ1) is 10.2. The third-order valence-corrected chi connectivity index (χ3v) is 10.9. The molecule has 0 heterocycles. The minimum absolute atomic E-state index is 0. The van der Waals surface area contributed by atoms with Crippen LogP contribution in [-0.2, 0) is 21.7 Å². The summed E-state index contributed by atoms with van der Waals surface area (Å²) in [7, 11) is -1.51. The average Bonchev–Trinajstić information content (AvgIpc) is 2.68. The first-order valence-corrected chi connectivity index (χ1v) is 12.9. The molecule has 6 unspecified atom stereocenters. The summed E-state index contributed by atoms with van der Waals surface area (Å²) in [6.45, 7) is 14.6. The largest absolute Gasteiger partial charge is 4.00 e. The molecule has 3 fully saturated rings. The van der Waals surface area contributed by atoms with Crippen LogP contribution in [-0.4, -0.2) is 13.8 Å². The first-order valence-electron chi connectivity index (χ1n) is 9.91. The van der Waals surface area contributed by atoms with Gasteiger partial charge in [-0.15, -0.1) is 5.54 Å². The van der Waals surface area contributed by atoms with Crippen molar-refractivity contribution in [3.8, 4) is 0 Å². The Morgan fingerprint density at radius 1 is 0.808 bits per heavy atom. The van der Waals surface area contributed by atoms with Gasteiger partial charge in [0.15, 0.2) is 0 Å². The quantitative estimate of drug-likeness (QED) is 0.322. The van der Waals surface area contributed by atoms with Gasteiger partial charge in [0.2, 0.25) is 0 Å². The second kappa shape index (κ2) is 10.6. The molecule has 1 nitrogen and oxygen atoms in total. The maximum absolute atomic E-state index is 5.41. The average molecular weight is 414 g/mol. The van der Waals surface area contributed by atoms with Crippen molar-refractivity contribution in [2.45, 2.75) is 96.8 Å². The van der Waals surface area contributed by atoms with Crippen molar-refractivity contribution in [1.29, 1.82) is 0 Å². The molecule has 0 radical (unpaired) electrons. The molecule has 6 atom stereocenters. The Kier molecular flexibility index (Phi) is 11.9. The number of hydrogen-bond donors (Lipinski definition) is 0. The van der Waals surface area contributed by atoms with E-state index in [1.165, 1.54) is 25.7 Å². The molecule has 0 saturated heterocycles. The molecule has 26 heavy (non-hydrogen) atoms. The molecule has 0 N–H and O–H groups in total. The van der Waals surface area contributed by atoms with Crippen molar-refractivity contribution in [1.82, 2.24) is 0 Å². The van der Waals surface area contributed by atoms with E-state index in [9.17, 15) is 0 Å². The zero-order valence-corrected chi connectivity index (χ0v) is 21.9. The summed E-state index contributed by atoms with van der Waals surface area (Å²) in [6.07, 6.45) is 10.7. The molecule has 152 valence electrons. The van der Waals surface area contributed by atoms with Gasteiger partial charge in [-0.1, -0.05) is 80.2 Å². The summed E-state index contributed by atoms with van der Waals surface area (Å²) in [4.78, 5) is 5.41. The fourth-order valence-electron chi connectivity index (χ4n) is 6.93. The van der Waals surface area contributed by atoms with Crippen LogP contribution in [0.1, 0.15) is 72.6 Å². The maximum Gasteiger partial charge on any atom is 4.00 e.